The van der Waals surface area contributed by atoms with Gasteiger partial charge in [-0.25, -0.2) is 0 Å². The predicted octanol–water partition coefficient (Wildman–Crippen LogP) is 11.0. The highest BCUT2D eigenvalue weighted by atomic mass is 16.5. The fourth-order valence-corrected chi connectivity index (χ4v) is 9.55. The van der Waals surface area contributed by atoms with Gasteiger partial charge in [0, 0.05) is 35.6 Å². The minimum Gasteiger partial charge on any atom is -0.463 e. The Kier molecular flexibility index (Phi) is 6.49. The van der Waals surface area contributed by atoms with Gasteiger partial charge in [0.25, 0.3) is 0 Å². The number of hydrogen-bond donors (Lipinski definition) is 0. The third kappa shape index (κ3) is 4.09. The lowest BCUT2D eigenvalue weighted by atomic mass is 9.76. The highest BCUT2D eigenvalue weighted by molar-refractivity contribution is 5.90. The summed E-state index contributed by atoms with van der Waals surface area (Å²) in [5.41, 5.74) is 7.77. The summed E-state index contributed by atoms with van der Waals surface area (Å²) in [6, 6.07) is 47.9. The maximum Gasteiger partial charge on any atom is 0.212 e. The van der Waals surface area contributed by atoms with Gasteiger partial charge in [0.1, 0.15) is 11.5 Å². The largest absolute Gasteiger partial charge is 0.463 e. The molecule has 4 heterocycles. The van der Waals surface area contributed by atoms with E-state index in [4.69, 9.17) is 9.47 Å². The van der Waals surface area contributed by atoms with E-state index in [1.54, 1.807) is 0 Å². The normalized spacial score (nSPS) is 22.5. The highest BCUT2D eigenvalue weighted by Crippen LogP contribution is 2.57. The van der Waals surface area contributed by atoms with E-state index >= 15 is 0 Å². The van der Waals surface area contributed by atoms with Crippen LogP contribution in [0, 0.1) is 0 Å². The zero-order chi connectivity index (χ0) is 35.3. The molecule has 10 rings (SSSR count). The van der Waals surface area contributed by atoms with Gasteiger partial charge in [0.05, 0.1) is 10.8 Å². The van der Waals surface area contributed by atoms with Crippen molar-refractivity contribution in [3.05, 3.63) is 179 Å². The van der Waals surface area contributed by atoms with Crippen LogP contribution in [0.5, 0.6) is 11.5 Å². The average Bonchev–Trinajstić information content (AvgIpc) is 3.45. The Labute approximate surface area is 306 Å². The molecule has 4 heteroatoms. The average molecular weight is 679 g/mol. The summed E-state index contributed by atoms with van der Waals surface area (Å²) in [5, 5.41) is 2.51. The Bertz CT molecular complexity index is 2300. The molecule has 0 N–H and O–H groups in total. The molecule has 4 aliphatic rings. The molecule has 256 valence electrons. The van der Waals surface area contributed by atoms with Crippen LogP contribution in [0.4, 0.5) is 11.4 Å². The number of fused-ring (bicyclic) bond motifs is 5. The van der Waals surface area contributed by atoms with Gasteiger partial charge in [-0.1, -0.05) is 109 Å². The Balaban J connectivity index is 1.08. The number of nitrogens with zero attached hydrogens (tertiary/aromatic N) is 2. The number of ether oxygens (including phenoxy) is 2. The Morgan fingerprint density at radius 1 is 0.442 bits per heavy atom. The van der Waals surface area contributed by atoms with Gasteiger partial charge >= 0.3 is 0 Å². The molecule has 0 bridgehead atoms. The molecule has 52 heavy (non-hydrogen) atoms. The lowest BCUT2D eigenvalue weighted by Crippen LogP contribution is -2.59. The molecule has 0 saturated heterocycles. The second-order valence-corrected chi connectivity index (χ2v) is 15.7. The third-order valence-corrected chi connectivity index (χ3v) is 12.4. The summed E-state index contributed by atoms with van der Waals surface area (Å²) < 4.78 is 14.3. The molecule has 6 aromatic rings. The standard InChI is InChI=1S/C48H42N2O2/c1-45(2)39-21-7-9-23-41(39)49(47(45)29-27-33-15-5-11-25-43(33)51-47)31-35-17-13-20-38-36(18-14-19-37(35)38)32-50-42-24-10-8-22-40(42)46(3,4)48(50)30-28-34-16-6-12-26-44(34)52-48/h5-30H,31-32H2,1-4H3. The molecule has 0 fully saturated rings. The number of hydrogen-bond acceptors (Lipinski definition) is 4. The molecule has 0 radical (unpaired) electrons. The molecule has 0 saturated carbocycles. The highest BCUT2D eigenvalue weighted by Gasteiger charge is 2.60. The number of rotatable bonds is 4. The summed E-state index contributed by atoms with van der Waals surface area (Å²) in [4.78, 5) is 4.98. The van der Waals surface area contributed by atoms with Gasteiger partial charge in [-0.05, 0) is 109 Å². The molecular formula is C48H42N2O2. The fourth-order valence-electron chi connectivity index (χ4n) is 9.55. The van der Waals surface area contributed by atoms with Gasteiger partial charge in [-0.2, -0.15) is 0 Å². The maximum atomic E-state index is 7.14. The van der Waals surface area contributed by atoms with E-state index in [0.717, 1.165) is 22.6 Å². The second-order valence-electron chi connectivity index (χ2n) is 15.7. The van der Waals surface area contributed by atoms with Crippen LogP contribution in [0.2, 0.25) is 0 Å². The minimum absolute atomic E-state index is 0.306. The SMILES string of the molecule is CC1(C)c2ccccc2N(Cc2cccc3c(CN4c5ccccc5C(C)(C)C45C=Cc4ccccc4O5)cccc23)C12C=Cc1ccccc1O2. The van der Waals surface area contributed by atoms with Crippen molar-refractivity contribution in [2.75, 3.05) is 9.80 Å². The maximum absolute atomic E-state index is 7.14. The van der Waals surface area contributed by atoms with Gasteiger partial charge in [-0.3, -0.25) is 0 Å². The van der Waals surface area contributed by atoms with Gasteiger partial charge < -0.3 is 19.3 Å². The van der Waals surface area contributed by atoms with E-state index in [-0.39, 0.29) is 10.8 Å². The Hall–Kier alpha value is -5.74. The molecule has 0 aromatic heterocycles. The first kappa shape index (κ1) is 31.0. The quantitative estimate of drug-likeness (QED) is 0.185. The predicted molar refractivity (Wildman–Crippen MR) is 213 cm³/mol. The van der Waals surface area contributed by atoms with Crippen molar-refractivity contribution in [2.24, 2.45) is 0 Å². The summed E-state index contributed by atoms with van der Waals surface area (Å²) in [6.45, 7) is 10.7. The van der Waals surface area contributed by atoms with Gasteiger partial charge in [-0.15, -0.1) is 0 Å². The first-order valence-electron chi connectivity index (χ1n) is 18.4. The lowest BCUT2D eigenvalue weighted by molar-refractivity contribution is 0.0521. The van der Waals surface area contributed by atoms with Crippen LogP contribution in [-0.2, 0) is 23.9 Å². The molecular weight excluding hydrogens is 637 g/mol. The monoisotopic (exact) mass is 678 g/mol. The Morgan fingerprint density at radius 2 is 0.846 bits per heavy atom. The zero-order valence-corrected chi connectivity index (χ0v) is 30.1. The van der Waals surface area contributed by atoms with E-state index in [1.165, 1.54) is 44.4 Å². The van der Waals surface area contributed by atoms with Crippen LogP contribution in [-0.4, -0.2) is 11.4 Å². The zero-order valence-electron chi connectivity index (χ0n) is 30.1. The van der Waals surface area contributed by atoms with E-state index in [1.807, 2.05) is 0 Å². The number of para-hydroxylation sites is 4. The molecule has 2 unspecified atom stereocenters. The van der Waals surface area contributed by atoms with Crippen molar-refractivity contribution >= 4 is 34.3 Å². The molecule has 4 nitrogen and oxygen atoms in total. The van der Waals surface area contributed by atoms with Crippen LogP contribution in [0.3, 0.4) is 0 Å². The number of anilines is 2. The van der Waals surface area contributed by atoms with E-state index < -0.39 is 11.4 Å². The smallest absolute Gasteiger partial charge is 0.212 e. The molecule has 2 atom stereocenters. The summed E-state index contributed by atoms with van der Waals surface area (Å²) in [5.74, 6) is 1.83. The van der Waals surface area contributed by atoms with Crippen molar-refractivity contribution in [2.45, 2.75) is 63.1 Å². The minimum atomic E-state index is -0.691. The summed E-state index contributed by atoms with van der Waals surface area (Å²) in [7, 11) is 0. The van der Waals surface area contributed by atoms with Crippen LogP contribution in [0.1, 0.15) is 61.1 Å². The molecule has 0 amide bonds. The molecule has 2 spiro atoms. The molecule has 0 aliphatic carbocycles. The molecule has 6 aromatic carbocycles. The van der Waals surface area contributed by atoms with Crippen LogP contribution in [0.25, 0.3) is 22.9 Å². The fraction of sp³-hybridized carbons (Fsp3) is 0.208. The van der Waals surface area contributed by atoms with Crippen LogP contribution < -0.4 is 19.3 Å². The topological polar surface area (TPSA) is 24.9 Å². The van der Waals surface area contributed by atoms with Crippen molar-refractivity contribution in [3.8, 4) is 11.5 Å². The number of benzene rings is 6. The van der Waals surface area contributed by atoms with E-state index in [2.05, 4.69) is 195 Å². The van der Waals surface area contributed by atoms with Gasteiger partial charge in [0.2, 0.25) is 11.4 Å². The summed E-state index contributed by atoms with van der Waals surface area (Å²) >= 11 is 0. The van der Waals surface area contributed by atoms with Crippen LogP contribution in [0.15, 0.2) is 146 Å². The lowest BCUT2D eigenvalue weighted by Gasteiger charge is -2.47. The third-order valence-electron chi connectivity index (χ3n) is 12.4. The van der Waals surface area contributed by atoms with Crippen molar-refractivity contribution in [1.29, 1.82) is 0 Å². The second kappa shape index (κ2) is 10.9. The van der Waals surface area contributed by atoms with Crippen LogP contribution >= 0.6 is 0 Å². The first-order valence-corrected chi connectivity index (χ1v) is 18.4. The first-order chi connectivity index (χ1) is 25.2. The molecule has 4 aliphatic heterocycles. The summed E-state index contributed by atoms with van der Waals surface area (Å²) in [6.07, 6.45) is 9.06. The van der Waals surface area contributed by atoms with Gasteiger partial charge in [0.15, 0.2) is 0 Å². The Morgan fingerprint density at radius 3 is 1.31 bits per heavy atom. The van der Waals surface area contributed by atoms with E-state index in [0.29, 0.717) is 13.1 Å². The van der Waals surface area contributed by atoms with Crippen molar-refractivity contribution in [3.63, 3.8) is 0 Å². The van der Waals surface area contributed by atoms with E-state index in [9.17, 15) is 0 Å². The van der Waals surface area contributed by atoms with Crippen molar-refractivity contribution < 1.29 is 9.47 Å². The van der Waals surface area contributed by atoms with Crippen molar-refractivity contribution in [1.82, 2.24) is 0 Å².